The summed E-state index contributed by atoms with van der Waals surface area (Å²) in [6.07, 6.45) is 0. The minimum absolute atomic E-state index is 0.604. The fourth-order valence-electron chi connectivity index (χ4n) is 7.95. The molecule has 0 amide bonds. The van der Waals surface area contributed by atoms with E-state index in [1.165, 1.54) is 43.3 Å². The molecule has 0 fully saturated rings. The van der Waals surface area contributed by atoms with Crippen LogP contribution in [0.1, 0.15) is 0 Å². The van der Waals surface area contributed by atoms with E-state index in [1.54, 1.807) is 0 Å². The molecule has 0 saturated heterocycles. The van der Waals surface area contributed by atoms with E-state index in [4.69, 9.17) is 19.4 Å². The molecule has 2 heterocycles. The third-order valence-corrected chi connectivity index (χ3v) is 10.5. The average molecular weight is 676 g/mol. The zero-order valence-electron chi connectivity index (χ0n) is 28.5. The van der Waals surface area contributed by atoms with Crippen LogP contribution < -0.4 is 0 Å². The predicted octanol–water partition coefficient (Wildman–Crippen LogP) is 13.1. The molecule has 0 aliphatic carbocycles. The third-order valence-electron chi connectivity index (χ3n) is 10.5. The molecule has 4 nitrogen and oxygen atoms in total. The van der Waals surface area contributed by atoms with Crippen LogP contribution in [0.5, 0.6) is 0 Å². The van der Waals surface area contributed by atoms with Gasteiger partial charge < -0.3 is 4.42 Å². The summed E-state index contributed by atoms with van der Waals surface area (Å²) in [6, 6.07) is 61.8. The highest BCUT2D eigenvalue weighted by Crippen LogP contribution is 2.40. The van der Waals surface area contributed by atoms with E-state index in [0.717, 1.165) is 49.6 Å². The fraction of sp³-hybridized carbons (Fsp3) is 0. The Hall–Kier alpha value is -7.17. The van der Waals surface area contributed by atoms with Crippen molar-refractivity contribution in [2.75, 3.05) is 0 Å². The van der Waals surface area contributed by atoms with Gasteiger partial charge in [-0.3, -0.25) is 0 Å². The molecular formula is C49H29N3O. The second kappa shape index (κ2) is 11.7. The first-order valence-electron chi connectivity index (χ1n) is 17.9. The Morgan fingerprint density at radius 1 is 0.302 bits per heavy atom. The minimum Gasteiger partial charge on any atom is -0.456 e. The molecule has 9 aromatic carbocycles. The Kier molecular flexibility index (Phi) is 6.52. The molecule has 0 saturated carbocycles. The monoisotopic (exact) mass is 675 g/mol. The van der Waals surface area contributed by atoms with Crippen LogP contribution in [-0.2, 0) is 0 Å². The van der Waals surface area contributed by atoms with E-state index in [2.05, 4.69) is 146 Å². The SMILES string of the molecule is c1ccc2cc(-c3nc(-c4ccc(-c5cc6ccccc6c6c5ccc5ccccc56)cc4)nc(-c4cccc5oc6ccccc6c45)n3)ccc2c1. The van der Waals surface area contributed by atoms with Crippen molar-refractivity contribution in [2.45, 2.75) is 0 Å². The summed E-state index contributed by atoms with van der Waals surface area (Å²) < 4.78 is 6.26. The van der Waals surface area contributed by atoms with Crippen molar-refractivity contribution in [3.63, 3.8) is 0 Å². The van der Waals surface area contributed by atoms with Crippen molar-refractivity contribution in [3.05, 3.63) is 176 Å². The fourth-order valence-corrected chi connectivity index (χ4v) is 7.95. The number of fused-ring (bicyclic) bond motifs is 9. The molecule has 0 bridgehead atoms. The Balaban J connectivity index is 1.10. The quantitative estimate of drug-likeness (QED) is 0.174. The molecule has 0 aliphatic rings. The molecule has 0 aliphatic heterocycles. The summed E-state index contributed by atoms with van der Waals surface area (Å²) in [5.74, 6) is 1.84. The number of benzene rings is 9. The summed E-state index contributed by atoms with van der Waals surface area (Å²) >= 11 is 0. The number of aromatic nitrogens is 3. The van der Waals surface area contributed by atoms with Gasteiger partial charge in [0.25, 0.3) is 0 Å². The predicted molar refractivity (Wildman–Crippen MR) is 219 cm³/mol. The first-order valence-corrected chi connectivity index (χ1v) is 17.9. The maximum Gasteiger partial charge on any atom is 0.164 e. The third kappa shape index (κ3) is 4.80. The van der Waals surface area contributed by atoms with Crippen molar-refractivity contribution < 1.29 is 4.42 Å². The second-order valence-corrected chi connectivity index (χ2v) is 13.6. The van der Waals surface area contributed by atoms with E-state index in [0.29, 0.717) is 17.5 Å². The van der Waals surface area contributed by atoms with Crippen LogP contribution in [0.3, 0.4) is 0 Å². The Labute approximate surface area is 304 Å². The van der Waals surface area contributed by atoms with E-state index >= 15 is 0 Å². The van der Waals surface area contributed by atoms with Gasteiger partial charge in [0.2, 0.25) is 0 Å². The van der Waals surface area contributed by atoms with Gasteiger partial charge in [-0.2, -0.15) is 0 Å². The minimum atomic E-state index is 0.604. The Bertz CT molecular complexity index is 3220. The van der Waals surface area contributed by atoms with Crippen LogP contribution >= 0.6 is 0 Å². The van der Waals surface area contributed by atoms with Gasteiger partial charge in [-0.15, -0.1) is 0 Å². The molecule has 0 radical (unpaired) electrons. The second-order valence-electron chi connectivity index (χ2n) is 13.6. The van der Waals surface area contributed by atoms with Crippen molar-refractivity contribution >= 4 is 65.0 Å². The van der Waals surface area contributed by atoms with E-state index in [-0.39, 0.29) is 0 Å². The van der Waals surface area contributed by atoms with Gasteiger partial charge in [-0.1, -0.05) is 152 Å². The Morgan fingerprint density at radius 2 is 0.887 bits per heavy atom. The maximum atomic E-state index is 6.26. The molecule has 11 rings (SSSR count). The summed E-state index contributed by atoms with van der Waals surface area (Å²) in [6.45, 7) is 0. The number of hydrogen-bond donors (Lipinski definition) is 0. The molecule has 4 heteroatoms. The lowest BCUT2D eigenvalue weighted by molar-refractivity contribution is 0.669. The van der Waals surface area contributed by atoms with Gasteiger partial charge in [0.15, 0.2) is 17.5 Å². The van der Waals surface area contributed by atoms with Gasteiger partial charge in [0.05, 0.1) is 0 Å². The van der Waals surface area contributed by atoms with E-state index < -0.39 is 0 Å². The topological polar surface area (TPSA) is 51.8 Å². The summed E-state index contributed by atoms with van der Waals surface area (Å²) in [7, 11) is 0. The maximum absolute atomic E-state index is 6.26. The molecule has 0 atom stereocenters. The van der Waals surface area contributed by atoms with Crippen molar-refractivity contribution in [1.82, 2.24) is 15.0 Å². The molecular weight excluding hydrogens is 647 g/mol. The zero-order valence-corrected chi connectivity index (χ0v) is 28.5. The normalized spacial score (nSPS) is 11.8. The van der Waals surface area contributed by atoms with Crippen LogP contribution in [0, 0.1) is 0 Å². The molecule has 11 aromatic rings. The van der Waals surface area contributed by atoms with Crippen molar-refractivity contribution in [3.8, 4) is 45.3 Å². The highest BCUT2D eigenvalue weighted by Gasteiger charge is 2.18. The van der Waals surface area contributed by atoms with Gasteiger partial charge >= 0.3 is 0 Å². The van der Waals surface area contributed by atoms with Gasteiger partial charge in [0.1, 0.15) is 11.2 Å². The highest BCUT2D eigenvalue weighted by molar-refractivity contribution is 6.24. The number of furan rings is 1. The molecule has 53 heavy (non-hydrogen) atoms. The van der Waals surface area contributed by atoms with Crippen LogP contribution in [0.4, 0.5) is 0 Å². The summed E-state index contributed by atoms with van der Waals surface area (Å²) in [5, 5.41) is 11.8. The average Bonchev–Trinajstić information content (AvgIpc) is 3.62. The smallest absolute Gasteiger partial charge is 0.164 e. The van der Waals surface area contributed by atoms with Crippen LogP contribution in [0.2, 0.25) is 0 Å². The van der Waals surface area contributed by atoms with Crippen molar-refractivity contribution in [2.24, 2.45) is 0 Å². The molecule has 2 aromatic heterocycles. The standard InChI is InChI=1S/C49H29N3O/c1-2-12-34-28-36(25-20-30(34)10-1)48-50-47(51-49(52-48)41-17-9-19-44-46(41)40-16-7-8-18-43(40)53-44)33-23-21-32(22-24-33)42-29-35-13-4-6-15-38(35)45-37-14-5-3-11-31(37)26-27-39(42)45/h1-29H. The van der Waals surface area contributed by atoms with Crippen LogP contribution in [0.25, 0.3) is 110 Å². The largest absolute Gasteiger partial charge is 0.456 e. The van der Waals surface area contributed by atoms with E-state index in [1.807, 2.05) is 30.3 Å². The number of nitrogens with zero attached hydrogens (tertiary/aromatic N) is 3. The number of para-hydroxylation sites is 1. The van der Waals surface area contributed by atoms with Gasteiger partial charge in [0, 0.05) is 27.5 Å². The molecule has 0 unspecified atom stereocenters. The number of rotatable bonds is 4. The van der Waals surface area contributed by atoms with Crippen molar-refractivity contribution in [1.29, 1.82) is 0 Å². The summed E-state index contributed by atoms with van der Waals surface area (Å²) in [4.78, 5) is 15.4. The zero-order chi connectivity index (χ0) is 34.9. The molecule has 0 spiro atoms. The van der Waals surface area contributed by atoms with Crippen LogP contribution in [0.15, 0.2) is 180 Å². The molecule has 0 N–H and O–H groups in total. The van der Waals surface area contributed by atoms with Crippen LogP contribution in [-0.4, -0.2) is 15.0 Å². The van der Waals surface area contributed by atoms with Gasteiger partial charge in [-0.05, 0) is 78.5 Å². The van der Waals surface area contributed by atoms with Gasteiger partial charge in [-0.25, -0.2) is 15.0 Å². The lowest BCUT2D eigenvalue weighted by Gasteiger charge is -2.14. The lowest BCUT2D eigenvalue weighted by atomic mass is 9.90. The number of hydrogen-bond acceptors (Lipinski definition) is 4. The Morgan fingerprint density at radius 3 is 1.72 bits per heavy atom. The first kappa shape index (κ1) is 29.5. The first-order chi connectivity index (χ1) is 26.2. The molecule has 246 valence electrons. The van der Waals surface area contributed by atoms with E-state index in [9.17, 15) is 0 Å². The highest BCUT2D eigenvalue weighted by atomic mass is 16.3. The summed E-state index contributed by atoms with van der Waals surface area (Å²) in [5.41, 5.74) is 6.73. The lowest BCUT2D eigenvalue weighted by Crippen LogP contribution is -2.00.